The van der Waals surface area contributed by atoms with E-state index in [9.17, 15) is 9.18 Å². The van der Waals surface area contributed by atoms with E-state index in [4.69, 9.17) is 4.74 Å². The molecule has 15 heavy (non-hydrogen) atoms. The molecule has 0 aromatic heterocycles. The van der Waals surface area contributed by atoms with Gasteiger partial charge in [-0.05, 0) is 12.1 Å². The number of hydrogen-bond donors (Lipinski definition) is 1. The van der Waals surface area contributed by atoms with Gasteiger partial charge in [0, 0.05) is 19.2 Å². The van der Waals surface area contributed by atoms with E-state index in [0.717, 1.165) is 0 Å². The molecule has 1 spiro atoms. The van der Waals surface area contributed by atoms with E-state index < -0.39 is 5.60 Å². The zero-order chi connectivity index (χ0) is 10.5. The monoisotopic (exact) mass is 207 g/mol. The smallest absolute Gasteiger partial charge is 0.170 e. The average molecular weight is 207 g/mol. The molecule has 2 aliphatic heterocycles. The Bertz CT molecular complexity index is 440. The van der Waals surface area contributed by atoms with Gasteiger partial charge < -0.3 is 10.1 Å². The van der Waals surface area contributed by atoms with E-state index in [1.165, 1.54) is 18.2 Å². The second-order valence-electron chi connectivity index (χ2n) is 4.13. The molecule has 0 aliphatic carbocycles. The summed E-state index contributed by atoms with van der Waals surface area (Å²) in [6, 6.07) is 4.07. The molecule has 1 aromatic rings. The fourth-order valence-corrected chi connectivity index (χ4v) is 2.07. The molecule has 2 aliphatic rings. The molecule has 3 rings (SSSR count). The van der Waals surface area contributed by atoms with Crippen LogP contribution in [0, 0.1) is 5.82 Å². The number of ketones is 1. The predicted octanol–water partition coefficient (Wildman–Crippen LogP) is 1.13. The summed E-state index contributed by atoms with van der Waals surface area (Å²) in [5.41, 5.74) is 0.0756. The molecule has 0 radical (unpaired) electrons. The molecule has 0 bridgehead atoms. The lowest BCUT2D eigenvalue weighted by Crippen LogP contribution is -2.65. The molecule has 0 saturated carbocycles. The molecule has 1 aromatic carbocycles. The van der Waals surface area contributed by atoms with Crippen molar-refractivity contribution in [3.63, 3.8) is 0 Å². The third-order valence-corrected chi connectivity index (χ3v) is 2.95. The number of ether oxygens (including phenoxy) is 1. The Hall–Kier alpha value is -1.42. The summed E-state index contributed by atoms with van der Waals surface area (Å²) < 4.78 is 18.7. The Morgan fingerprint density at radius 1 is 1.40 bits per heavy atom. The van der Waals surface area contributed by atoms with Gasteiger partial charge in [0.1, 0.15) is 17.2 Å². The Kier molecular flexibility index (Phi) is 1.65. The van der Waals surface area contributed by atoms with Crippen LogP contribution in [-0.2, 0) is 0 Å². The van der Waals surface area contributed by atoms with Gasteiger partial charge in [-0.1, -0.05) is 0 Å². The first-order chi connectivity index (χ1) is 7.19. The molecule has 1 fully saturated rings. The zero-order valence-corrected chi connectivity index (χ0v) is 8.05. The highest BCUT2D eigenvalue weighted by atomic mass is 19.1. The lowest BCUT2D eigenvalue weighted by molar-refractivity contribution is 0.00219. The van der Waals surface area contributed by atoms with Gasteiger partial charge in [-0.25, -0.2) is 4.39 Å². The third-order valence-electron chi connectivity index (χ3n) is 2.95. The van der Waals surface area contributed by atoms with Crippen LogP contribution in [-0.4, -0.2) is 24.5 Å². The van der Waals surface area contributed by atoms with E-state index in [-0.39, 0.29) is 11.6 Å². The Balaban J connectivity index is 2.05. The van der Waals surface area contributed by atoms with E-state index in [1.54, 1.807) is 0 Å². The Morgan fingerprint density at radius 3 is 2.87 bits per heavy atom. The highest BCUT2D eigenvalue weighted by Gasteiger charge is 2.45. The van der Waals surface area contributed by atoms with Crippen molar-refractivity contribution in [2.24, 2.45) is 0 Å². The summed E-state index contributed by atoms with van der Waals surface area (Å²) in [5, 5.41) is 3.07. The maximum atomic E-state index is 13.0. The number of fused-ring (bicyclic) bond motifs is 1. The number of Topliss-reactive ketones (excluding diaryl/α,β-unsaturated/α-hetero) is 1. The number of carbonyl (C=O) groups is 1. The zero-order valence-electron chi connectivity index (χ0n) is 8.05. The number of nitrogens with one attached hydrogen (secondary N) is 1. The molecule has 0 atom stereocenters. The van der Waals surface area contributed by atoms with Crippen molar-refractivity contribution in [3.8, 4) is 5.75 Å². The molecule has 4 heteroatoms. The summed E-state index contributed by atoms with van der Waals surface area (Å²) in [6.45, 7) is 1.32. The maximum absolute atomic E-state index is 13.0. The lowest BCUT2D eigenvalue weighted by atomic mass is 9.85. The predicted molar refractivity (Wildman–Crippen MR) is 51.6 cm³/mol. The van der Waals surface area contributed by atoms with E-state index in [1.807, 2.05) is 0 Å². The fourth-order valence-electron chi connectivity index (χ4n) is 2.07. The van der Waals surface area contributed by atoms with Crippen molar-refractivity contribution in [1.82, 2.24) is 5.32 Å². The second kappa shape index (κ2) is 2.79. The molecule has 3 nitrogen and oxygen atoms in total. The van der Waals surface area contributed by atoms with Crippen molar-refractivity contribution >= 4 is 5.78 Å². The van der Waals surface area contributed by atoms with Crippen LogP contribution >= 0.6 is 0 Å². The van der Waals surface area contributed by atoms with Crippen molar-refractivity contribution in [2.75, 3.05) is 13.1 Å². The lowest BCUT2D eigenvalue weighted by Gasteiger charge is -2.44. The number of benzene rings is 1. The average Bonchev–Trinajstić information content (AvgIpc) is 2.14. The fraction of sp³-hybridized carbons (Fsp3) is 0.364. The van der Waals surface area contributed by atoms with Crippen LogP contribution in [0.4, 0.5) is 4.39 Å². The normalized spacial score (nSPS) is 21.8. The van der Waals surface area contributed by atoms with Gasteiger partial charge in [-0.2, -0.15) is 0 Å². The van der Waals surface area contributed by atoms with Gasteiger partial charge >= 0.3 is 0 Å². The minimum absolute atomic E-state index is 0.0396. The summed E-state index contributed by atoms with van der Waals surface area (Å²) in [7, 11) is 0. The summed E-state index contributed by atoms with van der Waals surface area (Å²) >= 11 is 0. The van der Waals surface area contributed by atoms with Crippen LogP contribution in [0.25, 0.3) is 0 Å². The van der Waals surface area contributed by atoms with Gasteiger partial charge in [0.05, 0.1) is 12.0 Å². The number of hydrogen-bond acceptors (Lipinski definition) is 3. The molecule has 2 heterocycles. The van der Waals surface area contributed by atoms with E-state index in [2.05, 4.69) is 5.32 Å². The first kappa shape index (κ1) is 8.85. The summed E-state index contributed by atoms with van der Waals surface area (Å²) in [4.78, 5) is 11.8. The quantitative estimate of drug-likeness (QED) is 0.693. The molecule has 1 N–H and O–H groups in total. The Labute approximate surface area is 86.2 Å². The van der Waals surface area contributed by atoms with Gasteiger partial charge in [-0.15, -0.1) is 0 Å². The molecule has 0 amide bonds. The minimum Gasteiger partial charge on any atom is -0.483 e. The van der Waals surface area contributed by atoms with Crippen LogP contribution in [0.15, 0.2) is 18.2 Å². The molecule has 0 unspecified atom stereocenters. The van der Waals surface area contributed by atoms with E-state index >= 15 is 0 Å². The third kappa shape index (κ3) is 1.25. The standard InChI is InChI=1S/C11H10FNO2/c12-7-1-2-8-9(14)4-11(5-13-6-11)15-10(8)3-7/h1-3,13H,4-6H2. The van der Waals surface area contributed by atoms with Crippen molar-refractivity contribution in [1.29, 1.82) is 0 Å². The molecule has 1 saturated heterocycles. The first-order valence-electron chi connectivity index (χ1n) is 4.91. The minimum atomic E-state index is -0.419. The highest BCUT2D eigenvalue weighted by Crippen LogP contribution is 2.35. The SMILES string of the molecule is O=C1CC2(CNC2)Oc2cc(F)ccc21. The highest BCUT2D eigenvalue weighted by molar-refractivity contribution is 6.00. The Morgan fingerprint density at radius 2 is 2.20 bits per heavy atom. The molecule has 78 valence electrons. The van der Waals surface area contributed by atoms with Gasteiger partial charge in [0.25, 0.3) is 0 Å². The van der Waals surface area contributed by atoms with Crippen molar-refractivity contribution in [3.05, 3.63) is 29.6 Å². The number of rotatable bonds is 0. The van der Waals surface area contributed by atoms with Crippen molar-refractivity contribution in [2.45, 2.75) is 12.0 Å². The number of carbonyl (C=O) groups excluding carboxylic acids is 1. The summed E-state index contributed by atoms with van der Waals surface area (Å²) in [5.74, 6) is 0.0522. The van der Waals surface area contributed by atoms with Crippen LogP contribution in [0.1, 0.15) is 16.8 Å². The molecular weight excluding hydrogens is 197 g/mol. The van der Waals surface area contributed by atoms with Crippen LogP contribution in [0.2, 0.25) is 0 Å². The second-order valence-corrected chi connectivity index (χ2v) is 4.13. The topological polar surface area (TPSA) is 38.3 Å². The largest absolute Gasteiger partial charge is 0.483 e. The maximum Gasteiger partial charge on any atom is 0.170 e. The van der Waals surface area contributed by atoms with Crippen LogP contribution in [0.3, 0.4) is 0 Å². The van der Waals surface area contributed by atoms with Gasteiger partial charge in [0.2, 0.25) is 0 Å². The number of halogens is 1. The van der Waals surface area contributed by atoms with E-state index in [0.29, 0.717) is 30.8 Å². The first-order valence-corrected chi connectivity index (χ1v) is 4.91. The van der Waals surface area contributed by atoms with Crippen LogP contribution < -0.4 is 10.1 Å². The molecular formula is C11H10FNO2. The van der Waals surface area contributed by atoms with Crippen LogP contribution in [0.5, 0.6) is 5.75 Å². The summed E-state index contributed by atoms with van der Waals surface area (Å²) in [6.07, 6.45) is 0.388. The van der Waals surface area contributed by atoms with Gasteiger partial charge in [0.15, 0.2) is 5.78 Å². The van der Waals surface area contributed by atoms with Crippen molar-refractivity contribution < 1.29 is 13.9 Å². The van der Waals surface area contributed by atoms with Gasteiger partial charge in [-0.3, -0.25) is 4.79 Å².